The van der Waals surface area contributed by atoms with E-state index in [2.05, 4.69) is 29.4 Å². The first-order valence-electron chi connectivity index (χ1n) is 13.7. The van der Waals surface area contributed by atoms with Gasteiger partial charge < -0.3 is 20.3 Å². The molecule has 4 amide bonds. The Morgan fingerprint density at radius 2 is 1.79 bits per heavy atom. The fourth-order valence-electron chi connectivity index (χ4n) is 5.06. The quantitative estimate of drug-likeness (QED) is 0.518. The van der Waals surface area contributed by atoms with Gasteiger partial charge in [-0.25, -0.2) is 14.4 Å². The van der Waals surface area contributed by atoms with Gasteiger partial charge in [-0.1, -0.05) is 38.1 Å². The number of benzene rings is 1. The number of rotatable bonds is 7. The van der Waals surface area contributed by atoms with Crippen LogP contribution in [-0.2, 0) is 9.53 Å². The lowest BCUT2D eigenvalue weighted by Gasteiger charge is -2.43. The molecule has 2 aliphatic heterocycles. The molecule has 2 N–H and O–H groups in total. The third-order valence-electron chi connectivity index (χ3n) is 7.01. The molecular weight excluding hydrogens is 482 g/mol. The molecule has 0 aliphatic carbocycles. The highest BCUT2D eigenvalue weighted by molar-refractivity contribution is 5.95. The van der Waals surface area contributed by atoms with E-state index < -0.39 is 12.0 Å². The van der Waals surface area contributed by atoms with Crippen LogP contribution in [-0.4, -0.2) is 83.6 Å². The lowest BCUT2D eigenvalue weighted by atomic mass is 9.92. The zero-order valence-corrected chi connectivity index (χ0v) is 24.3. The number of nitrogens with zero attached hydrogens (tertiary/aromatic N) is 3. The minimum atomic E-state index is -0.600. The van der Waals surface area contributed by atoms with E-state index in [0.717, 1.165) is 5.56 Å². The predicted molar refractivity (Wildman–Crippen MR) is 149 cm³/mol. The van der Waals surface area contributed by atoms with Crippen molar-refractivity contribution >= 4 is 18.0 Å². The Morgan fingerprint density at radius 3 is 2.32 bits per heavy atom. The van der Waals surface area contributed by atoms with Crippen molar-refractivity contribution in [1.29, 1.82) is 0 Å². The molecule has 0 radical (unpaired) electrons. The average molecular weight is 528 g/mol. The van der Waals surface area contributed by atoms with Crippen molar-refractivity contribution in [2.75, 3.05) is 39.3 Å². The Balaban J connectivity index is 1.93. The number of nitrogens with one attached hydrogen (secondary N) is 2. The second-order valence-electron chi connectivity index (χ2n) is 11.5. The predicted octanol–water partition coefficient (Wildman–Crippen LogP) is 4.23. The monoisotopic (exact) mass is 527 g/mol. The van der Waals surface area contributed by atoms with Gasteiger partial charge in [0, 0.05) is 50.0 Å². The standard InChI is InChI=1S/C29H45N5O4/c1-9-33-23(18-32-15-16-34(20(5)17-32)28(37)31-29(6,7)8)24(26(35)38-10-2)25(30-27(33)36)22-13-11-21(12-14-22)19(3)4/h11-14,19-20,25H,9-10,15-18H2,1-8H3,(H,30,36)(H,31,37)/t20-,25-/m1/s1. The first kappa shape index (κ1) is 29.5. The Morgan fingerprint density at radius 1 is 1.13 bits per heavy atom. The van der Waals surface area contributed by atoms with Crippen LogP contribution in [0.2, 0.25) is 0 Å². The molecule has 1 fully saturated rings. The van der Waals surface area contributed by atoms with Crippen LogP contribution in [0.25, 0.3) is 0 Å². The van der Waals surface area contributed by atoms with Crippen molar-refractivity contribution in [1.82, 2.24) is 25.3 Å². The molecule has 0 saturated carbocycles. The maximum atomic E-state index is 13.4. The summed E-state index contributed by atoms with van der Waals surface area (Å²) < 4.78 is 5.50. The zero-order chi connectivity index (χ0) is 28.2. The van der Waals surface area contributed by atoms with Gasteiger partial charge in [-0.05, 0) is 58.6 Å². The Kier molecular flexibility index (Phi) is 9.46. The van der Waals surface area contributed by atoms with Crippen LogP contribution >= 0.6 is 0 Å². The summed E-state index contributed by atoms with van der Waals surface area (Å²) in [5.74, 6) is -0.0440. The number of esters is 1. The summed E-state index contributed by atoms with van der Waals surface area (Å²) in [6, 6.07) is 7.12. The van der Waals surface area contributed by atoms with Crippen LogP contribution in [0, 0.1) is 0 Å². The van der Waals surface area contributed by atoms with Crippen LogP contribution in [0.3, 0.4) is 0 Å². The molecule has 9 nitrogen and oxygen atoms in total. The third-order valence-corrected chi connectivity index (χ3v) is 7.01. The molecule has 1 aromatic rings. The maximum Gasteiger partial charge on any atom is 0.338 e. The lowest BCUT2D eigenvalue weighted by Crippen LogP contribution is -2.59. The van der Waals surface area contributed by atoms with E-state index >= 15 is 0 Å². The van der Waals surface area contributed by atoms with Crippen LogP contribution in [0.1, 0.15) is 78.5 Å². The highest BCUT2D eigenvalue weighted by Crippen LogP contribution is 2.33. The number of urea groups is 2. The van der Waals surface area contributed by atoms with Crippen molar-refractivity contribution in [2.24, 2.45) is 0 Å². The molecule has 3 rings (SSSR count). The van der Waals surface area contributed by atoms with Gasteiger partial charge in [-0.3, -0.25) is 9.80 Å². The van der Waals surface area contributed by atoms with Gasteiger partial charge >= 0.3 is 18.0 Å². The molecule has 0 bridgehead atoms. The zero-order valence-electron chi connectivity index (χ0n) is 24.3. The van der Waals surface area contributed by atoms with Crippen LogP contribution in [0.5, 0.6) is 0 Å². The van der Waals surface area contributed by atoms with Gasteiger partial charge in [0.2, 0.25) is 0 Å². The molecule has 2 heterocycles. The van der Waals surface area contributed by atoms with Crippen LogP contribution < -0.4 is 10.6 Å². The Hall–Kier alpha value is -3.07. The summed E-state index contributed by atoms with van der Waals surface area (Å²) in [4.78, 5) is 45.1. The molecule has 1 aromatic carbocycles. The second-order valence-corrected chi connectivity index (χ2v) is 11.5. The summed E-state index contributed by atoms with van der Waals surface area (Å²) in [6.07, 6.45) is 0. The number of amides is 4. The van der Waals surface area contributed by atoms with Crippen molar-refractivity contribution < 1.29 is 19.1 Å². The van der Waals surface area contributed by atoms with E-state index in [0.29, 0.717) is 49.9 Å². The maximum absolute atomic E-state index is 13.4. The lowest BCUT2D eigenvalue weighted by molar-refractivity contribution is -0.139. The molecule has 0 spiro atoms. The fourth-order valence-corrected chi connectivity index (χ4v) is 5.06. The Labute approximate surface area is 227 Å². The average Bonchev–Trinajstić information content (AvgIpc) is 2.83. The number of carbonyl (C=O) groups excluding carboxylic acids is 3. The number of ether oxygens (including phenoxy) is 1. The summed E-state index contributed by atoms with van der Waals surface area (Å²) >= 11 is 0. The van der Waals surface area contributed by atoms with Crippen LogP contribution in [0.15, 0.2) is 35.5 Å². The number of piperazine rings is 1. The molecule has 38 heavy (non-hydrogen) atoms. The van der Waals surface area contributed by atoms with E-state index in [1.807, 2.05) is 63.8 Å². The number of likely N-dealkylation sites (N-methyl/N-ethyl adjacent to an activating group) is 1. The summed E-state index contributed by atoms with van der Waals surface area (Å²) in [7, 11) is 0. The van der Waals surface area contributed by atoms with Crippen molar-refractivity contribution in [3.63, 3.8) is 0 Å². The second kappa shape index (κ2) is 12.2. The SMILES string of the molecule is CCOC(=O)C1=C(CN2CCN(C(=O)NC(C)(C)C)[C@H](C)C2)N(CC)C(=O)N[C@@H]1c1ccc(C(C)C)cc1. The number of hydrogen-bond acceptors (Lipinski definition) is 5. The molecule has 1 saturated heterocycles. The largest absolute Gasteiger partial charge is 0.463 e. The van der Waals surface area contributed by atoms with Crippen LogP contribution in [0.4, 0.5) is 9.59 Å². The molecule has 9 heteroatoms. The minimum absolute atomic E-state index is 0.0235. The van der Waals surface area contributed by atoms with Crippen molar-refractivity contribution in [3.8, 4) is 0 Å². The van der Waals surface area contributed by atoms with E-state index in [1.54, 1.807) is 11.8 Å². The van der Waals surface area contributed by atoms with E-state index in [-0.39, 0.29) is 30.2 Å². The van der Waals surface area contributed by atoms with E-state index in [4.69, 9.17) is 4.74 Å². The van der Waals surface area contributed by atoms with Gasteiger partial charge in [0.1, 0.15) is 0 Å². The van der Waals surface area contributed by atoms with Crippen molar-refractivity contribution in [2.45, 2.75) is 78.9 Å². The summed E-state index contributed by atoms with van der Waals surface area (Å²) in [6.45, 7) is 18.8. The van der Waals surface area contributed by atoms with Crippen molar-refractivity contribution in [3.05, 3.63) is 46.7 Å². The number of hydrogen-bond donors (Lipinski definition) is 2. The topological polar surface area (TPSA) is 94.2 Å². The first-order chi connectivity index (χ1) is 17.9. The molecule has 0 aromatic heterocycles. The molecular formula is C29H45N5O4. The highest BCUT2D eigenvalue weighted by atomic mass is 16.5. The van der Waals surface area contributed by atoms with Gasteiger partial charge in [-0.15, -0.1) is 0 Å². The minimum Gasteiger partial charge on any atom is -0.463 e. The molecule has 210 valence electrons. The normalized spacial score (nSPS) is 21.0. The smallest absolute Gasteiger partial charge is 0.338 e. The Bertz CT molecular complexity index is 1040. The highest BCUT2D eigenvalue weighted by Gasteiger charge is 2.39. The number of carbonyl (C=O) groups is 3. The fraction of sp³-hybridized carbons (Fsp3) is 0.621. The summed E-state index contributed by atoms with van der Waals surface area (Å²) in [5, 5.41) is 6.09. The molecule has 2 atom stereocenters. The van der Waals surface area contributed by atoms with Gasteiger partial charge in [-0.2, -0.15) is 0 Å². The van der Waals surface area contributed by atoms with Gasteiger partial charge in [0.15, 0.2) is 0 Å². The summed E-state index contributed by atoms with van der Waals surface area (Å²) in [5.41, 5.74) is 2.84. The third kappa shape index (κ3) is 6.87. The van der Waals surface area contributed by atoms with Gasteiger partial charge in [0.25, 0.3) is 0 Å². The molecule has 0 unspecified atom stereocenters. The van der Waals surface area contributed by atoms with Gasteiger partial charge in [0.05, 0.1) is 18.2 Å². The van der Waals surface area contributed by atoms with E-state index in [1.165, 1.54) is 5.56 Å². The molecule has 2 aliphatic rings. The van der Waals surface area contributed by atoms with E-state index in [9.17, 15) is 14.4 Å². The first-order valence-corrected chi connectivity index (χ1v) is 13.7.